The summed E-state index contributed by atoms with van der Waals surface area (Å²) in [4.78, 5) is 4.89. The third-order valence-corrected chi connectivity index (χ3v) is 2.07. The zero-order valence-corrected chi connectivity index (χ0v) is 13.2. The molecule has 5 nitrogen and oxygen atoms in total. The molecule has 0 spiro atoms. The van der Waals surface area contributed by atoms with Crippen molar-refractivity contribution in [1.82, 2.24) is 0 Å². The molecule has 7 heteroatoms. The van der Waals surface area contributed by atoms with Crippen molar-refractivity contribution in [3.8, 4) is 0 Å². The predicted molar refractivity (Wildman–Crippen MR) is 63.4 cm³/mol. The van der Waals surface area contributed by atoms with Crippen molar-refractivity contribution >= 4 is 21.1 Å². The van der Waals surface area contributed by atoms with E-state index in [1.807, 2.05) is 4.90 Å². The second-order valence-electron chi connectivity index (χ2n) is 3.05. The summed E-state index contributed by atoms with van der Waals surface area (Å²) >= 11 is 0.847. The van der Waals surface area contributed by atoms with E-state index in [1.165, 1.54) is 0 Å². The van der Waals surface area contributed by atoms with Crippen molar-refractivity contribution in [2.45, 2.75) is 0 Å². The molecule has 0 saturated carbocycles. The van der Waals surface area contributed by atoms with E-state index in [-0.39, 0.29) is 13.2 Å². The van der Waals surface area contributed by atoms with E-state index < -0.39 is 0 Å². The number of anilines is 1. The van der Waals surface area contributed by atoms with Crippen LogP contribution in [0.5, 0.6) is 0 Å². The number of diazo groups is 1. The van der Waals surface area contributed by atoms with Crippen molar-refractivity contribution in [2.75, 3.05) is 31.2 Å². The van der Waals surface area contributed by atoms with Crippen molar-refractivity contribution in [1.29, 1.82) is 5.39 Å². The molecule has 17 heavy (non-hydrogen) atoms. The summed E-state index contributed by atoms with van der Waals surface area (Å²) in [5, 5.41) is 26.2. The molecule has 1 aromatic carbocycles. The molecule has 0 bridgehead atoms. The Morgan fingerprint density at radius 1 is 1.12 bits per heavy atom. The first-order valence-electron chi connectivity index (χ1n) is 5.00. The molecule has 0 aliphatic carbocycles. The van der Waals surface area contributed by atoms with Gasteiger partial charge in [-0.3, -0.25) is 0 Å². The number of hydrogen-bond acceptors (Lipinski definition) is 4. The van der Waals surface area contributed by atoms with Crippen LogP contribution in [-0.2, 0) is 17.3 Å². The maximum absolute atomic E-state index is 8.84. The van der Waals surface area contributed by atoms with Gasteiger partial charge in [-0.25, -0.2) is 0 Å². The van der Waals surface area contributed by atoms with Crippen LogP contribution in [0, 0.1) is 5.39 Å². The van der Waals surface area contributed by atoms with Crippen LogP contribution in [0.3, 0.4) is 0 Å². The van der Waals surface area contributed by atoms with Gasteiger partial charge in [0.1, 0.15) is 0 Å². The average molecular weight is 309 g/mol. The Morgan fingerprint density at radius 3 is 1.94 bits per heavy atom. The van der Waals surface area contributed by atoms with Crippen LogP contribution in [-0.4, -0.2) is 36.5 Å². The van der Waals surface area contributed by atoms with Crippen LogP contribution in [0.4, 0.5) is 11.4 Å². The minimum atomic E-state index is 0.0339. The number of aliphatic hydroxyl groups excluding tert-OH is 2. The molecule has 0 fully saturated rings. The molecule has 0 unspecified atom stereocenters. The number of benzene rings is 1. The summed E-state index contributed by atoms with van der Waals surface area (Å²) < 4.78 is 0. The SMILES string of the molecule is N#[N+]c1ccc(N(CCO)CCO)cc1.[Cl][Zn-]. The van der Waals surface area contributed by atoms with E-state index in [2.05, 4.69) is 4.98 Å². The maximum atomic E-state index is 8.84. The van der Waals surface area contributed by atoms with Crippen LogP contribution < -0.4 is 4.90 Å². The van der Waals surface area contributed by atoms with E-state index in [0.717, 1.165) is 23.0 Å². The van der Waals surface area contributed by atoms with Crippen molar-refractivity contribution in [2.24, 2.45) is 0 Å². The molecule has 0 aliphatic rings. The summed E-state index contributed by atoms with van der Waals surface area (Å²) in [6, 6.07) is 6.88. The molecule has 90 valence electrons. The molecule has 1 aromatic rings. The number of halogens is 1. The summed E-state index contributed by atoms with van der Waals surface area (Å²) in [6.45, 7) is 1.00. The Kier molecular flexibility index (Phi) is 9.98. The molecule has 0 atom stereocenters. The Balaban J connectivity index is 0.00000121. The first-order valence-corrected chi connectivity index (χ1v) is 8.90. The predicted octanol–water partition coefficient (Wildman–Crippen LogP) is 1.65. The summed E-state index contributed by atoms with van der Waals surface area (Å²) in [6.07, 6.45) is 0. The zero-order chi connectivity index (χ0) is 13.1. The molecule has 0 aromatic heterocycles. The Hall–Kier alpha value is -0.727. The second-order valence-corrected chi connectivity index (χ2v) is 3.05. The van der Waals surface area contributed by atoms with Crippen LogP contribution >= 0.6 is 9.69 Å². The number of hydrogen-bond donors (Lipinski definition) is 2. The van der Waals surface area contributed by atoms with Crippen molar-refractivity contribution < 1.29 is 27.5 Å². The normalized spacial score (nSPS) is 8.76. The fraction of sp³-hybridized carbons (Fsp3) is 0.400. The molecule has 0 heterocycles. The van der Waals surface area contributed by atoms with Gasteiger partial charge in [-0.2, -0.15) is 0 Å². The first-order chi connectivity index (χ1) is 8.31. The topological polar surface area (TPSA) is 71.9 Å². The van der Waals surface area contributed by atoms with E-state index >= 15 is 0 Å². The van der Waals surface area contributed by atoms with Gasteiger partial charge in [0, 0.05) is 30.9 Å². The van der Waals surface area contributed by atoms with Gasteiger partial charge >= 0.3 is 32.7 Å². The van der Waals surface area contributed by atoms with Gasteiger partial charge in [-0.15, -0.1) is 0 Å². The molecule has 1 rings (SSSR count). The van der Waals surface area contributed by atoms with Crippen molar-refractivity contribution in [3.63, 3.8) is 0 Å². The number of rotatable bonds is 5. The first kappa shape index (κ1) is 16.3. The van der Waals surface area contributed by atoms with Gasteiger partial charge < -0.3 is 15.1 Å². The van der Waals surface area contributed by atoms with Gasteiger partial charge in [0.05, 0.1) is 13.2 Å². The van der Waals surface area contributed by atoms with Crippen LogP contribution in [0.15, 0.2) is 24.3 Å². The van der Waals surface area contributed by atoms with E-state index in [4.69, 9.17) is 25.3 Å². The molecule has 0 amide bonds. The van der Waals surface area contributed by atoms with E-state index in [1.54, 1.807) is 24.3 Å². The molecule has 0 aliphatic heterocycles. The molecule has 2 N–H and O–H groups in total. The zero-order valence-electron chi connectivity index (χ0n) is 9.46. The molecule has 0 radical (unpaired) electrons. The Bertz CT molecular complexity index is 336. The van der Waals surface area contributed by atoms with Gasteiger partial charge in [-0.1, -0.05) is 0 Å². The van der Waals surface area contributed by atoms with Gasteiger partial charge in [0.2, 0.25) is 5.39 Å². The number of aliphatic hydroxyl groups is 2. The molecular weight excluding hydrogens is 295 g/mol. The third kappa shape index (κ3) is 5.95. The quantitative estimate of drug-likeness (QED) is 0.641. The minimum absolute atomic E-state index is 0.0339. The Morgan fingerprint density at radius 2 is 1.59 bits per heavy atom. The second kappa shape index (κ2) is 10.4. The van der Waals surface area contributed by atoms with Crippen LogP contribution in [0.1, 0.15) is 0 Å². The fourth-order valence-electron chi connectivity index (χ4n) is 1.34. The van der Waals surface area contributed by atoms with Crippen molar-refractivity contribution in [3.05, 3.63) is 29.2 Å². The Labute approximate surface area is 114 Å². The molecule has 0 saturated heterocycles. The average Bonchev–Trinajstić information content (AvgIpc) is 2.41. The van der Waals surface area contributed by atoms with Crippen LogP contribution in [0.25, 0.3) is 4.98 Å². The van der Waals surface area contributed by atoms with Gasteiger partial charge in [0.15, 0.2) is 4.98 Å². The fourth-order valence-corrected chi connectivity index (χ4v) is 1.34. The van der Waals surface area contributed by atoms with Gasteiger partial charge in [-0.05, 0) is 12.1 Å². The third-order valence-electron chi connectivity index (χ3n) is 2.07. The summed E-state index contributed by atoms with van der Waals surface area (Å²) in [7, 11) is 4.76. The summed E-state index contributed by atoms with van der Waals surface area (Å²) in [5.41, 5.74) is 1.36. The standard InChI is InChI=1S/C10H14N3O2.ClH.Zn/c11-12-9-1-3-10(4-2-9)13(5-7-14)6-8-15;;/h1-4,14-15H,5-8H2;1H;/q+1;;/p-1. The van der Waals surface area contributed by atoms with E-state index in [0.29, 0.717) is 18.8 Å². The number of nitrogens with zero attached hydrogens (tertiary/aromatic N) is 3. The van der Waals surface area contributed by atoms with E-state index in [9.17, 15) is 0 Å². The summed E-state index contributed by atoms with van der Waals surface area (Å²) in [5.74, 6) is 0. The van der Waals surface area contributed by atoms with Crippen LogP contribution in [0.2, 0.25) is 0 Å². The molecular formula is C10H14ClN3O2Zn. The van der Waals surface area contributed by atoms with Gasteiger partial charge in [0.25, 0.3) is 0 Å². The monoisotopic (exact) mass is 307 g/mol.